The number of nitrogens with two attached hydrogens (primary N) is 1. The van der Waals surface area contributed by atoms with Gasteiger partial charge < -0.3 is 10.8 Å². The predicted octanol–water partition coefficient (Wildman–Crippen LogP) is 3.65. The standard InChI is InChI=1S/C21H15N5O3S2/c22-20-19(31(28,29)17-9-4-10-30-17)18-21(25-16-8-2-1-7-15(16)24-18)26(20)23-12-13-5-3-6-14(27)11-13/h1-12,27H,22H2. The zero-order chi connectivity index (χ0) is 21.6. The molecule has 154 valence electrons. The van der Waals surface area contributed by atoms with Crippen LogP contribution in [0.15, 0.2) is 80.2 Å². The number of rotatable bonds is 4. The monoisotopic (exact) mass is 449 g/mol. The van der Waals surface area contributed by atoms with Gasteiger partial charge in [-0.15, -0.1) is 11.3 Å². The molecule has 0 unspecified atom stereocenters. The van der Waals surface area contributed by atoms with E-state index in [1.807, 2.05) is 6.07 Å². The molecule has 0 saturated carbocycles. The van der Waals surface area contributed by atoms with Gasteiger partial charge in [-0.25, -0.2) is 18.4 Å². The number of para-hydroxylation sites is 2. The van der Waals surface area contributed by atoms with E-state index in [-0.39, 0.29) is 31.8 Å². The molecule has 0 spiro atoms. The molecule has 0 aliphatic rings. The van der Waals surface area contributed by atoms with E-state index >= 15 is 0 Å². The molecule has 8 nitrogen and oxygen atoms in total. The maximum absolute atomic E-state index is 13.4. The Morgan fingerprint density at radius 2 is 1.81 bits per heavy atom. The number of nitrogen functional groups attached to an aromatic ring is 1. The van der Waals surface area contributed by atoms with Gasteiger partial charge in [0.15, 0.2) is 5.65 Å². The molecule has 0 aliphatic heterocycles. The van der Waals surface area contributed by atoms with Gasteiger partial charge in [-0.05, 0) is 41.3 Å². The maximum Gasteiger partial charge on any atom is 0.221 e. The molecule has 0 atom stereocenters. The molecule has 3 aromatic heterocycles. The molecule has 5 aromatic rings. The average Bonchev–Trinajstić information content (AvgIpc) is 3.38. The Labute approximate surface area is 180 Å². The quantitative estimate of drug-likeness (QED) is 0.404. The van der Waals surface area contributed by atoms with Crippen molar-refractivity contribution in [2.45, 2.75) is 9.10 Å². The van der Waals surface area contributed by atoms with Crippen molar-refractivity contribution in [2.75, 3.05) is 5.73 Å². The summed E-state index contributed by atoms with van der Waals surface area (Å²) in [6.07, 6.45) is 1.47. The highest BCUT2D eigenvalue weighted by molar-refractivity contribution is 7.93. The van der Waals surface area contributed by atoms with Crippen molar-refractivity contribution in [3.63, 3.8) is 0 Å². The lowest BCUT2D eigenvalue weighted by Crippen LogP contribution is -2.05. The number of anilines is 1. The van der Waals surface area contributed by atoms with E-state index in [9.17, 15) is 13.5 Å². The number of hydrogen-bond donors (Lipinski definition) is 2. The van der Waals surface area contributed by atoms with Crippen LogP contribution in [-0.2, 0) is 9.84 Å². The van der Waals surface area contributed by atoms with Crippen LogP contribution < -0.4 is 5.73 Å². The van der Waals surface area contributed by atoms with Crippen LogP contribution in [0.4, 0.5) is 5.82 Å². The molecule has 3 N–H and O–H groups in total. The van der Waals surface area contributed by atoms with Crippen LogP contribution in [0.5, 0.6) is 5.75 Å². The molecule has 0 amide bonds. The first-order valence-corrected chi connectivity index (χ1v) is 11.5. The van der Waals surface area contributed by atoms with Gasteiger partial charge in [-0.2, -0.15) is 9.78 Å². The van der Waals surface area contributed by atoms with Gasteiger partial charge in [-0.1, -0.05) is 30.3 Å². The first kappa shape index (κ1) is 19.2. The minimum Gasteiger partial charge on any atom is -0.508 e. The Bertz CT molecular complexity index is 1570. The molecular formula is C21H15N5O3S2. The SMILES string of the molecule is Nc1c(S(=O)(=O)c2cccs2)c2nc3ccccc3nc2n1N=Cc1cccc(O)c1. The molecule has 2 aromatic carbocycles. The van der Waals surface area contributed by atoms with Gasteiger partial charge in [0.2, 0.25) is 9.84 Å². The van der Waals surface area contributed by atoms with Crippen molar-refractivity contribution < 1.29 is 13.5 Å². The summed E-state index contributed by atoms with van der Waals surface area (Å²) in [6, 6.07) is 16.8. The van der Waals surface area contributed by atoms with Gasteiger partial charge in [0.1, 0.15) is 26.2 Å². The number of phenols is 1. The number of aromatic hydroxyl groups is 1. The summed E-state index contributed by atoms with van der Waals surface area (Å²) in [4.78, 5) is 9.00. The fraction of sp³-hybridized carbons (Fsp3) is 0. The molecule has 3 heterocycles. The van der Waals surface area contributed by atoms with Crippen molar-refractivity contribution in [3.8, 4) is 5.75 Å². The number of nitrogens with zero attached hydrogens (tertiary/aromatic N) is 4. The summed E-state index contributed by atoms with van der Waals surface area (Å²) < 4.78 is 28.1. The summed E-state index contributed by atoms with van der Waals surface area (Å²) in [5.74, 6) is -0.00357. The normalized spacial score (nSPS) is 12.3. The lowest BCUT2D eigenvalue weighted by Gasteiger charge is -2.02. The second-order valence-electron chi connectivity index (χ2n) is 6.69. The molecule has 0 fully saturated rings. The fourth-order valence-electron chi connectivity index (χ4n) is 3.25. The third kappa shape index (κ3) is 3.22. The predicted molar refractivity (Wildman–Crippen MR) is 120 cm³/mol. The first-order chi connectivity index (χ1) is 14.9. The molecule has 31 heavy (non-hydrogen) atoms. The Morgan fingerprint density at radius 1 is 1.03 bits per heavy atom. The average molecular weight is 450 g/mol. The van der Waals surface area contributed by atoms with E-state index in [1.54, 1.807) is 47.8 Å². The molecule has 10 heteroatoms. The zero-order valence-electron chi connectivity index (χ0n) is 15.9. The van der Waals surface area contributed by atoms with Crippen LogP contribution in [-0.4, -0.2) is 34.4 Å². The van der Waals surface area contributed by atoms with Crippen molar-refractivity contribution in [1.82, 2.24) is 14.6 Å². The Kier molecular flexibility index (Phi) is 4.45. The van der Waals surface area contributed by atoms with E-state index in [1.165, 1.54) is 23.0 Å². The Balaban J connectivity index is 1.81. The highest BCUT2D eigenvalue weighted by atomic mass is 32.2. The molecular weight excluding hydrogens is 434 g/mol. The summed E-state index contributed by atoms with van der Waals surface area (Å²) in [6.45, 7) is 0. The Morgan fingerprint density at radius 3 is 2.52 bits per heavy atom. The summed E-state index contributed by atoms with van der Waals surface area (Å²) in [5, 5.41) is 15.7. The van der Waals surface area contributed by atoms with E-state index < -0.39 is 9.84 Å². The number of fused-ring (bicyclic) bond motifs is 2. The number of phenolic OH excluding ortho intramolecular Hbond substituents is 1. The highest BCUT2D eigenvalue weighted by Gasteiger charge is 2.31. The molecule has 0 aliphatic carbocycles. The third-order valence-electron chi connectivity index (χ3n) is 4.65. The summed E-state index contributed by atoms with van der Waals surface area (Å²) in [7, 11) is -3.93. The molecule has 5 rings (SSSR count). The number of sulfone groups is 1. The number of thiophene rings is 1. The van der Waals surface area contributed by atoms with Crippen LogP contribution in [0.25, 0.3) is 22.2 Å². The molecule has 0 saturated heterocycles. The third-order valence-corrected chi connectivity index (χ3v) is 7.86. The number of benzene rings is 2. The van der Waals surface area contributed by atoms with Gasteiger partial charge in [-0.3, -0.25) is 0 Å². The number of aromatic nitrogens is 3. The van der Waals surface area contributed by atoms with Crippen LogP contribution in [0.2, 0.25) is 0 Å². The van der Waals surface area contributed by atoms with Crippen LogP contribution in [0.1, 0.15) is 5.56 Å². The second-order valence-corrected chi connectivity index (χ2v) is 9.75. The van der Waals surface area contributed by atoms with Gasteiger partial charge >= 0.3 is 0 Å². The van der Waals surface area contributed by atoms with E-state index in [0.717, 1.165) is 11.3 Å². The van der Waals surface area contributed by atoms with Crippen LogP contribution in [0.3, 0.4) is 0 Å². The van der Waals surface area contributed by atoms with Gasteiger partial charge in [0.25, 0.3) is 0 Å². The van der Waals surface area contributed by atoms with Crippen molar-refractivity contribution in [2.24, 2.45) is 5.10 Å². The smallest absolute Gasteiger partial charge is 0.221 e. The van der Waals surface area contributed by atoms with Crippen LogP contribution >= 0.6 is 11.3 Å². The van der Waals surface area contributed by atoms with Crippen molar-refractivity contribution >= 4 is 55.4 Å². The lowest BCUT2D eigenvalue weighted by atomic mass is 10.2. The fourth-order valence-corrected chi connectivity index (χ4v) is 5.83. The second kappa shape index (κ2) is 7.18. The van der Waals surface area contributed by atoms with E-state index in [4.69, 9.17) is 5.73 Å². The van der Waals surface area contributed by atoms with Gasteiger partial charge in [0.05, 0.1) is 17.2 Å². The van der Waals surface area contributed by atoms with Crippen molar-refractivity contribution in [1.29, 1.82) is 0 Å². The minimum absolute atomic E-state index is 0.0843. The van der Waals surface area contributed by atoms with E-state index in [2.05, 4.69) is 15.1 Å². The lowest BCUT2D eigenvalue weighted by molar-refractivity contribution is 0.475. The van der Waals surface area contributed by atoms with Crippen molar-refractivity contribution in [3.05, 3.63) is 71.6 Å². The first-order valence-electron chi connectivity index (χ1n) is 9.14. The summed E-state index contributed by atoms with van der Waals surface area (Å²) in [5.41, 5.74) is 8.43. The molecule has 0 bridgehead atoms. The van der Waals surface area contributed by atoms with E-state index in [0.29, 0.717) is 16.6 Å². The zero-order valence-corrected chi connectivity index (χ0v) is 17.5. The minimum atomic E-state index is -3.93. The maximum atomic E-state index is 13.4. The Hall–Kier alpha value is -3.76. The number of hydrogen-bond acceptors (Lipinski definition) is 8. The van der Waals surface area contributed by atoms with Crippen LogP contribution in [0, 0.1) is 0 Å². The molecule has 0 radical (unpaired) electrons. The topological polar surface area (TPSA) is 123 Å². The van der Waals surface area contributed by atoms with Gasteiger partial charge in [0, 0.05) is 0 Å². The largest absolute Gasteiger partial charge is 0.508 e. The summed E-state index contributed by atoms with van der Waals surface area (Å²) >= 11 is 1.10. The highest BCUT2D eigenvalue weighted by Crippen LogP contribution is 2.36.